The van der Waals surface area contributed by atoms with Crippen molar-refractivity contribution in [2.75, 3.05) is 7.11 Å². The third-order valence-corrected chi connectivity index (χ3v) is 5.81. The van der Waals surface area contributed by atoms with Gasteiger partial charge in [-0.2, -0.15) is 0 Å². The zero-order chi connectivity index (χ0) is 20.9. The standard InChI is InChI=1S/C24H26N2O4/c1-29-23(27)19-7-11-20(12-8-19)26-22(15-25-24(26)28)18-9-13-21(14-10-18)30-16-17-5-3-2-4-6-17/h2-6,9-10,13-15,19-20H,7-8,11-12,16H2,1H3,(H,25,28). The summed E-state index contributed by atoms with van der Waals surface area (Å²) in [7, 11) is 1.43. The summed E-state index contributed by atoms with van der Waals surface area (Å²) in [4.78, 5) is 27.1. The van der Waals surface area contributed by atoms with E-state index in [9.17, 15) is 9.59 Å². The van der Waals surface area contributed by atoms with E-state index in [4.69, 9.17) is 9.47 Å². The predicted octanol–water partition coefficient (Wildman–Crippen LogP) is 4.33. The molecule has 0 atom stereocenters. The van der Waals surface area contributed by atoms with Gasteiger partial charge in [-0.1, -0.05) is 30.3 Å². The fraction of sp³-hybridized carbons (Fsp3) is 0.333. The highest BCUT2D eigenvalue weighted by Gasteiger charge is 2.29. The monoisotopic (exact) mass is 406 g/mol. The van der Waals surface area contributed by atoms with Crippen LogP contribution in [0.1, 0.15) is 37.3 Å². The third kappa shape index (κ3) is 4.32. The van der Waals surface area contributed by atoms with Gasteiger partial charge >= 0.3 is 11.7 Å². The van der Waals surface area contributed by atoms with Crippen LogP contribution in [-0.4, -0.2) is 22.6 Å². The first-order valence-electron chi connectivity index (χ1n) is 10.3. The number of benzene rings is 2. The molecule has 156 valence electrons. The topological polar surface area (TPSA) is 73.3 Å². The van der Waals surface area contributed by atoms with E-state index in [0.717, 1.165) is 48.3 Å². The Morgan fingerprint density at radius 3 is 2.40 bits per heavy atom. The number of nitrogens with one attached hydrogen (secondary N) is 1. The van der Waals surface area contributed by atoms with Gasteiger partial charge in [0.25, 0.3) is 0 Å². The van der Waals surface area contributed by atoms with E-state index in [0.29, 0.717) is 6.61 Å². The maximum atomic E-state index is 12.5. The summed E-state index contributed by atoms with van der Waals surface area (Å²) in [5.74, 6) is 0.567. The summed E-state index contributed by atoms with van der Waals surface area (Å²) in [6.45, 7) is 0.512. The molecule has 3 aromatic rings. The second-order valence-corrected chi connectivity index (χ2v) is 7.68. The maximum Gasteiger partial charge on any atom is 0.326 e. The maximum absolute atomic E-state index is 12.5. The molecular formula is C24H26N2O4. The first-order chi connectivity index (χ1) is 14.7. The number of hydrogen-bond donors (Lipinski definition) is 1. The first kappa shape index (κ1) is 20.0. The minimum absolute atomic E-state index is 0.0645. The molecule has 1 aliphatic rings. The Kier molecular flexibility index (Phi) is 6.02. The largest absolute Gasteiger partial charge is 0.489 e. The number of carbonyl (C=O) groups is 1. The molecular weight excluding hydrogens is 380 g/mol. The number of nitrogens with zero attached hydrogens (tertiary/aromatic N) is 1. The van der Waals surface area contributed by atoms with Crippen molar-refractivity contribution >= 4 is 5.97 Å². The Labute approximate surface area is 175 Å². The van der Waals surface area contributed by atoms with Crippen molar-refractivity contribution in [1.82, 2.24) is 9.55 Å². The highest BCUT2D eigenvalue weighted by Crippen LogP contribution is 2.34. The van der Waals surface area contributed by atoms with Crippen LogP contribution in [0.5, 0.6) is 5.75 Å². The molecule has 0 radical (unpaired) electrons. The number of aromatic amines is 1. The molecule has 1 N–H and O–H groups in total. The van der Waals surface area contributed by atoms with E-state index in [1.54, 1.807) is 6.20 Å². The summed E-state index contributed by atoms with van der Waals surface area (Å²) in [5, 5.41) is 0. The van der Waals surface area contributed by atoms with Crippen molar-refractivity contribution in [3.8, 4) is 17.0 Å². The van der Waals surface area contributed by atoms with Gasteiger partial charge in [-0.15, -0.1) is 0 Å². The van der Waals surface area contributed by atoms with E-state index in [2.05, 4.69) is 4.98 Å². The number of aromatic nitrogens is 2. The van der Waals surface area contributed by atoms with Crippen molar-refractivity contribution in [2.45, 2.75) is 38.3 Å². The molecule has 1 fully saturated rings. The molecule has 1 aliphatic carbocycles. The van der Waals surface area contributed by atoms with Gasteiger partial charge in [0.05, 0.1) is 18.7 Å². The summed E-state index contributed by atoms with van der Waals surface area (Å²) in [6, 6.07) is 17.9. The number of carbonyl (C=O) groups excluding carboxylic acids is 1. The second-order valence-electron chi connectivity index (χ2n) is 7.68. The Morgan fingerprint density at radius 1 is 1.03 bits per heavy atom. The van der Waals surface area contributed by atoms with Crippen molar-refractivity contribution in [3.05, 3.63) is 76.8 Å². The molecule has 2 aromatic carbocycles. The lowest BCUT2D eigenvalue weighted by molar-refractivity contribution is -0.146. The summed E-state index contributed by atoms with van der Waals surface area (Å²) in [5.41, 5.74) is 2.81. The van der Waals surface area contributed by atoms with Gasteiger partial charge in [0.15, 0.2) is 0 Å². The van der Waals surface area contributed by atoms with Gasteiger partial charge in [0, 0.05) is 17.8 Å². The molecule has 1 heterocycles. The molecule has 1 aromatic heterocycles. The average Bonchev–Trinajstić information content (AvgIpc) is 3.19. The minimum Gasteiger partial charge on any atom is -0.489 e. The second kappa shape index (κ2) is 9.03. The van der Waals surface area contributed by atoms with Gasteiger partial charge < -0.3 is 14.5 Å². The number of hydrogen-bond acceptors (Lipinski definition) is 4. The zero-order valence-electron chi connectivity index (χ0n) is 17.0. The van der Waals surface area contributed by atoms with E-state index < -0.39 is 0 Å². The Balaban J connectivity index is 1.46. The van der Waals surface area contributed by atoms with Crippen molar-refractivity contribution in [3.63, 3.8) is 0 Å². The fourth-order valence-corrected chi connectivity index (χ4v) is 4.16. The molecule has 0 unspecified atom stereocenters. The Morgan fingerprint density at radius 2 is 1.73 bits per heavy atom. The molecule has 30 heavy (non-hydrogen) atoms. The van der Waals surface area contributed by atoms with E-state index in [1.165, 1.54) is 7.11 Å². The minimum atomic E-state index is -0.152. The number of imidazole rings is 1. The van der Waals surface area contributed by atoms with Crippen LogP contribution >= 0.6 is 0 Å². The molecule has 0 bridgehead atoms. The molecule has 4 rings (SSSR count). The summed E-state index contributed by atoms with van der Waals surface area (Å²) >= 11 is 0. The average molecular weight is 406 g/mol. The number of ether oxygens (including phenoxy) is 2. The SMILES string of the molecule is COC(=O)C1CCC(n2c(-c3ccc(OCc4ccccc4)cc3)c[nH]c2=O)CC1. The number of rotatable bonds is 6. The van der Waals surface area contributed by atoms with Crippen molar-refractivity contribution in [1.29, 1.82) is 0 Å². The van der Waals surface area contributed by atoms with Crippen LogP contribution in [0.2, 0.25) is 0 Å². The molecule has 0 spiro atoms. The van der Waals surface area contributed by atoms with E-state index >= 15 is 0 Å². The van der Waals surface area contributed by atoms with Crippen LogP contribution in [-0.2, 0) is 16.1 Å². The van der Waals surface area contributed by atoms with Crippen LogP contribution in [0.4, 0.5) is 0 Å². The van der Waals surface area contributed by atoms with Crippen LogP contribution in [0.3, 0.4) is 0 Å². The molecule has 0 amide bonds. The van der Waals surface area contributed by atoms with Gasteiger partial charge in [-0.25, -0.2) is 4.79 Å². The van der Waals surface area contributed by atoms with Crippen LogP contribution in [0.25, 0.3) is 11.3 Å². The van der Waals surface area contributed by atoms with Crippen molar-refractivity contribution in [2.24, 2.45) is 5.92 Å². The molecule has 0 aliphatic heterocycles. The number of esters is 1. The fourth-order valence-electron chi connectivity index (χ4n) is 4.16. The lowest BCUT2D eigenvalue weighted by Crippen LogP contribution is -2.29. The van der Waals surface area contributed by atoms with Gasteiger partial charge in [0.2, 0.25) is 0 Å². The van der Waals surface area contributed by atoms with Gasteiger partial charge in [-0.3, -0.25) is 9.36 Å². The number of methoxy groups -OCH3 is 1. The van der Waals surface area contributed by atoms with Gasteiger partial charge in [-0.05, 0) is 55.5 Å². The molecule has 6 nitrogen and oxygen atoms in total. The van der Waals surface area contributed by atoms with Gasteiger partial charge in [0.1, 0.15) is 12.4 Å². The zero-order valence-corrected chi connectivity index (χ0v) is 17.0. The van der Waals surface area contributed by atoms with Crippen molar-refractivity contribution < 1.29 is 14.3 Å². The predicted molar refractivity (Wildman–Crippen MR) is 114 cm³/mol. The lowest BCUT2D eigenvalue weighted by atomic mass is 9.86. The summed E-state index contributed by atoms with van der Waals surface area (Å²) in [6.07, 6.45) is 4.79. The molecule has 6 heteroatoms. The smallest absolute Gasteiger partial charge is 0.326 e. The number of H-pyrrole nitrogens is 1. The van der Waals surface area contributed by atoms with E-state index in [-0.39, 0.29) is 23.6 Å². The van der Waals surface area contributed by atoms with Crippen LogP contribution < -0.4 is 10.4 Å². The molecule has 0 saturated heterocycles. The van der Waals surface area contributed by atoms with Crippen LogP contribution in [0.15, 0.2) is 65.6 Å². The first-order valence-corrected chi connectivity index (χ1v) is 10.3. The van der Waals surface area contributed by atoms with E-state index in [1.807, 2.05) is 59.2 Å². The highest BCUT2D eigenvalue weighted by atomic mass is 16.5. The van der Waals surface area contributed by atoms with Crippen LogP contribution in [0, 0.1) is 5.92 Å². The lowest BCUT2D eigenvalue weighted by Gasteiger charge is -2.28. The normalized spacial score (nSPS) is 18.7. The Hall–Kier alpha value is -3.28. The quantitative estimate of drug-likeness (QED) is 0.619. The summed E-state index contributed by atoms with van der Waals surface area (Å²) < 4.78 is 12.6. The molecule has 1 saturated carbocycles. The highest BCUT2D eigenvalue weighted by molar-refractivity contribution is 5.72. The third-order valence-electron chi connectivity index (χ3n) is 5.81. The Bertz CT molecular complexity index is 1030.